The third kappa shape index (κ3) is 2.47. The van der Waals surface area contributed by atoms with Crippen molar-refractivity contribution in [2.24, 2.45) is 0 Å². The van der Waals surface area contributed by atoms with Crippen LogP contribution in [0.2, 0.25) is 0 Å². The van der Waals surface area contributed by atoms with Crippen LogP contribution in [-0.4, -0.2) is 11.1 Å². The molecule has 0 aliphatic carbocycles. The van der Waals surface area contributed by atoms with Gasteiger partial charge in [-0.2, -0.15) is 0 Å². The summed E-state index contributed by atoms with van der Waals surface area (Å²) in [6, 6.07) is 5.49. The second-order valence-electron chi connectivity index (χ2n) is 2.60. The molecule has 0 saturated heterocycles. The fraction of sp³-hybridized carbons (Fsp3) is 0.222. The first-order chi connectivity index (χ1) is 6.20. The van der Waals surface area contributed by atoms with Gasteiger partial charge in [0.2, 0.25) is 0 Å². The molecule has 0 aliphatic heterocycles. The van der Waals surface area contributed by atoms with Crippen molar-refractivity contribution in [1.82, 2.24) is 0 Å². The van der Waals surface area contributed by atoms with Crippen LogP contribution in [0.15, 0.2) is 23.1 Å². The van der Waals surface area contributed by atoms with E-state index in [1.165, 1.54) is 0 Å². The van der Waals surface area contributed by atoms with Crippen LogP contribution in [0.3, 0.4) is 0 Å². The third-order valence-electron chi connectivity index (χ3n) is 1.85. The fourth-order valence-corrected chi connectivity index (χ4v) is 5.89. The Bertz CT molecular complexity index is 325. The molecule has 1 aromatic carbocycles. The van der Waals surface area contributed by atoms with Gasteiger partial charge in [-0.15, -0.1) is 0 Å². The molecule has 65 valence electrons. The van der Waals surface area contributed by atoms with Gasteiger partial charge in [0.25, 0.3) is 0 Å². The molecule has 2 nitrogen and oxygen atoms in total. The molecule has 0 atom stereocenters. The van der Waals surface area contributed by atoms with Crippen molar-refractivity contribution in [3.05, 3.63) is 29.3 Å². The van der Waals surface area contributed by atoms with Crippen molar-refractivity contribution < 1.29 is 34.5 Å². The topological polar surface area (TPSA) is 37.3 Å². The van der Waals surface area contributed by atoms with Crippen LogP contribution in [-0.2, 0) is 31.0 Å². The molecule has 1 rings (SSSR count). The number of hydrogen-bond acceptors (Lipinski definition) is 2. The van der Waals surface area contributed by atoms with Gasteiger partial charge in [0.15, 0.2) is 0 Å². The molecule has 4 heteroatoms. The van der Waals surface area contributed by atoms with Gasteiger partial charge in [-0.25, -0.2) is 0 Å². The zero-order valence-electron chi connectivity index (χ0n) is 7.41. The van der Waals surface area contributed by atoms with Gasteiger partial charge in [-0.3, -0.25) is 0 Å². The van der Waals surface area contributed by atoms with Crippen molar-refractivity contribution in [2.45, 2.75) is 18.2 Å². The summed E-state index contributed by atoms with van der Waals surface area (Å²) in [7, 11) is 1.69. The van der Waals surface area contributed by atoms with E-state index >= 15 is 0 Å². The normalized spacial score (nSPS) is 10.1. The Labute approximate surface area is 95.8 Å². The Morgan fingerprint density at radius 2 is 2.31 bits per heavy atom. The first kappa shape index (κ1) is 11.1. The van der Waals surface area contributed by atoms with Crippen molar-refractivity contribution in [2.75, 3.05) is 0 Å². The Kier molecular flexibility index (Phi) is 4.26. The molecular weight excluding hydrogens is 373 g/mol. The predicted molar refractivity (Wildman–Crippen MR) is 48.6 cm³/mol. The summed E-state index contributed by atoms with van der Waals surface area (Å²) >= 11 is 0.537. The summed E-state index contributed by atoms with van der Waals surface area (Å²) in [5.74, 6) is -0.816. The second kappa shape index (κ2) is 5.01. The van der Waals surface area contributed by atoms with E-state index < -0.39 is 5.97 Å². The monoisotopic (exact) mass is 383 g/mol. The van der Waals surface area contributed by atoms with Gasteiger partial charge in [0.05, 0.1) is 0 Å². The molecule has 1 N–H and O–H groups in total. The molecule has 0 saturated carbocycles. The van der Waals surface area contributed by atoms with Crippen LogP contribution in [0.5, 0.6) is 0 Å². The van der Waals surface area contributed by atoms with Crippen LogP contribution < -0.4 is 0 Å². The fourth-order valence-electron chi connectivity index (χ4n) is 1.20. The minimum absolute atomic E-state index is 0.458. The van der Waals surface area contributed by atoms with E-state index in [4.69, 9.17) is 5.11 Å². The van der Waals surface area contributed by atoms with Gasteiger partial charge in [0, 0.05) is 0 Å². The number of carboxylic acids is 1. The zero-order chi connectivity index (χ0) is 9.84. The van der Waals surface area contributed by atoms with Crippen LogP contribution in [0.25, 0.3) is 0 Å². The number of carbonyl (C=O) groups is 1. The van der Waals surface area contributed by atoms with Gasteiger partial charge < -0.3 is 0 Å². The van der Waals surface area contributed by atoms with Crippen molar-refractivity contribution >= 4 is 14.2 Å². The molecule has 0 amide bonds. The molecule has 1 aromatic rings. The first-order valence-corrected chi connectivity index (χ1v) is 11.7. The standard InChI is InChI=1S/C9H10O2S.Hg/c1-2-6-4-3-5-7(8(6)12)9(10)11;/h3-5,12H,2H2,1H3,(H,10,11);/q;+1/p-1. The van der Waals surface area contributed by atoms with Crippen molar-refractivity contribution in [3.8, 4) is 0 Å². The molecule has 0 spiro atoms. The third-order valence-corrected chi connectivity index (χ3v) is 5.99. The SMILES string of the molecule is CCc1cccc(C(=O)O)c1[S][Hg]. The van der Waals surface area contributed by atoms with Gasteiger partial charge >= 0.3 is 96.3 Å². The van der Waals surface area contributed by atoms with Crippen molar-refractivity contribution in [1.29, 1.82) is 0 Å². The molecule has 0 aliphatic rings. The molecule has 0 heterocycles. The Morgan fingerprint density at radius 3 is 2.77 bits per heavy atom. The van der Waals surface area contributed by atoms with Crippen LogP contribution in [0.1, 0.15) is 22.8 Å². The van der Waals surface area contributed by atoms with E-state index in [0.717, 1.165) is 16.9 Å². The average molecular weight is 382 g/mol. The predicted octanol–water partition coefficient (Wildman–Crippen LogP) is 2.50. The summed E-state index contributed by atoms with van der Waals surface area (Å²) in [5, 5.41) is 8.92. The molecule has 0 radical (unpaired) electrons. The van der Waals surface area contributed by atoms with Gasteiger partial charge in [0.1, 0.15) is 0 Å². The summed E-state index contributed by atoms with van der Waals surface area (Å²) in [6.45, 7) is 2.05. The summed E-state index contributed by atoms with van der Waals surface area (Å²) in [4.78, 5) is 11.8. The van der Waals surface area contributed by atoms with Crippen LogP contribution in [0.4, 0.5) is 0 Å². The van der Waals surface area contributed by atoms with E-state index in [2.05, 4.69) is 6.92 Å². The van der Waals surface area contributed by atoms with E-state index in [9.17, 15) is 4.79 Å². The minimum atomic E-state index is -0.816. The number of benzene rings is 1. The summed E-state index contributed by atoms with van der Waals surface area (Å²) in [5.41, 5.74) is 1.61. The van der Waals surface area contributed by atoms with E-state index in [-0.39, 0.29) is 0 Å². The first-order valence-electron chi connectivity index (χ1n) is 3.98. The number of hydrogen-bond donors (Lipinski definition) is 1. The molecule has 0 aromatic heterocycles. The molecule has 0 unspecified atom stereocenters. The molecule has 0 fully saturated rings. The van der Waals surface area contributed by atoms with Crippen molar-refractivity contribution in [3.63, 3.8) is 0 Å². The quantitative estimate of drug-likeness (QED) is 0.817. The maximum atomic E-state index is 10.9. The molecular formula is C9H9HgO2S. The number of rotatable bonds is 3. The zero-order valence-corrected chi connectivity index (χ0v) is 13.7. The Morgan fingerprint density at radius 1 is 1.62 bits per heavy atom. The number of aromatic carboxylic acids is 1. The van der Waals surface area contributed by atoms with Gasteiger partial charge in [-0.1, -0.05) is 0 Å². The Balaban J connectivity index is 3.27. The second-order valence-corrected chi connectivity index (χ2v) is 6.66. The summed E-state index contributed by atoms with van der Waals surface area (Å²) < 4.78 is 0. The van der Waals surface area contributed by atoms with E-state index in [0.29, 0.717) is 30.2 Å². The number of carboxylic acid groups (broad SMARTS) is 1. The average Bonchev–Trinajstić information content (AvgIpc) is 2.16. The van der Waals surface area contributed by atoms with E-state index in [1.807, 2.05) is 12.1 Å². The summed E-state index contributed by atoms with van der Waals surface area (Å²) in [6.07, 6.45) is 0.903. The number of aryl methyl sites for hydroxylation is 1. The van der Waals surface area contributed by atoms with Crippen LogP contribution in [0, 0.1) is 0 Å². The van der Waals surface area contributed by atoms with Gasteiger partial charge in [-0.05, 0) is 0 Å². The maximum absolute atomic E-state index is 10.9. The van der Waals surface area contributed by atoms with Crippen LogP contribution >= 0.6 is 8.24 Å². The Hall–Kier alpha value is -0.0249. The molecule has 0 bridgehead atoms. The van der Waals surface area contributed by atoms with E-state index in [1.54, 1.807) is 14.3 Å². The molecule has 13 heavy (non-hydrogen) atoms.